The second-order valence-electron chi connectivity index (χ2n) is 6.35. The number of hydrogen-bond acceptors (Lipinski definition) is 3. The van der Waals surface area contributed by atoms with Gasteiger partial charge < -0.3 is 9.88 Å². The van der Waals surface area contributed by atoms with E-state index < -0.39 is 17.7 Å². The number of carbonyl (C=O) groups excluding carboxylic acids is 1. The summed E-state index contributed by atoms with van der Waals surface area (Å²) in [4.78, 5) is 21.1. The maximum atomic E-state index is 14.1. The highest BCUT2D eigenvalue weighted by atomic mass is 19.1. The van der Waals surface area contributed by atoms with Crippen LogP contribution in [-0.2, 0) is 7.05 Å². The number of rotatable bonds is 4. The van der Waals surface area contributed by atoms with Gasteiger partial charge >= 0.3 is 0 Å². The molecule has 128 valence electrons. The zero-order chi connectivity index (χ0) is 17.6. The molecule has 1 N–H and O–H groups in total. The summed E-state index contributed by atoms with van der Waals surface area (Å²) in [7, 11) is 1.80. The molecule has 1 amide bonds. The molecule has 0 bridgehead atoms. The third-order valence-corrected chi connectivity index (χ3v) is 4.47. The topological polar surface area (TPSA) is 59.8 Å². The van der Waals surface area contributed by atoms with Crippen LogP contribution in [0.2, 0.25) is 0 Å². The molecule has 25 heavy (non-hydrogen) atoms. The first-order valence-corrected chi connectivity index (χ1v) is 8.07. The molecule has 1 aliphatic carbocycles. The van der Waals surface area contributed by atoms with Crippen LogP contribution in [0.5, 0.6) is 0 Å². The molecule has 5 nitrogen and oxygen atoms in total. The average Bonchev–Trinajstić information content (AvgIpc) is 3.37. The van der Waals surface area contributed by atoms with E-state index in [2.05, 4.69) is 15.3 Å². The highest BCUT2D eigenvalue weighted by Gasteiger charge is 2.35. The van der Waals surface area contributed by atoms with Crippen molar-refractivity contribution < 1.29 is 13.6 Å². The maximum absolute atomic E-state index is 14.1. The van der Waals surface area contributed by atoms with Crippen LogP contribution in [0.1, 0.15) is 34.9 Å². The van der Waals surface area contributed by atoms with E-state index in [0.29, 0.717) is 16.7 Å². The van der Waals surface area contributed by atoms with E-state index in [1.54, 1.807) is 30.1 Å². The van der Waals surface area contributed by atoms with Gasteiger partial charge in [-0.2, -0.15) is 0 Å². The molecule has 7 heteroatoms. The first-order chi connectivity index (χ1) is 12.0. The molecular weight excluding hydrogens is 326 g/mol. The van der Waals surface area contributed by atoms with Crippen molar-refractivity contribution >= 4 is 17.1 Å². The van der Waals surface area contributed by atoms with Gasteiger partial charge in [-0.05, 0) is 37.0 Å². The van der Waals surface area contributed by atoms with Gasteiger partial charge in [-0.3, -0.25) is 4.79 Å². The third kappa shape index (κ3) is 2.97. The molecule has 1 aromatic carbocycles. The van der Waals surface area contributed by atoms with E-state index in [9.17, 15) is 13.6 Å². The Hall–Kier alpha value is -2.83. The molecule has 1 unspecified atom stereocenters. The van der Waals surface area contributed by atoms with Gasteiger partial charge in [-0.1, -0.05) is 6.07 Å². The van der Waals surface area contributed by atoms with Crippen LogP contribution >= 0.6 is 0 Å². The van der Waals surface area contributed by atoms with Gasteiger partial charge in [0.15, 0.2) is 5.65 Å². The zero-order valence-corrected chi connectivity index (χ0v) is 13.5. The van der Waals surface area contributed by atoms with Gasteiger partial charge in [-0.25, -0.2) is 18.7 Å². The lowest BCUT2D eigenvalue weighted by Gasteiger charge is -2.19. The number of nitrogens with one attached hydrogen (secondary N) is 1. The van der Waals surface area contributed by atoms with Gasteiger partial charge in [-0.15, -0.1) is 0 Å². The quantitative estimate of drug-likeness (QED) is 0.792. The molecule has 0 radical (unpaired) electrons. The third-order valence-electron chi connectivity index (χ3n) is 4.47. The Balaban J connectivity index is 1.63. The lowest BCUT2D eigenvalue weighted by Crippen LogP contribution is -2.31. The Morgan fingerprint density at radius 1 is 1.28 bits per heavy atom. The summed E-state index contributed by atoms with van der Waals surface area (Å²) in [5.41, 5.74) is 1.84. The predicted octanol–water partition coefficient (Wildman–Crippen LogP) is 3.13. The van der Waals surface area contributed by atoms with Gasteiger partial charge in [0.25, 0.3) is 5.91 Å². The van der Waals surface area contributed by atoms with Gasteiger partial charge in [0.2, 0.25) is 0 Å². The Morgan fingerprint density at radius 2 is 2.08 bits per heavy atom. The average molecular weight is 342 g/mol. The van der Waals surface area contributed by atoms with Crippen LogP contribution in [0.4, 0.5) is 8.78 Å². The normalized spacial score (nSPS) is 15.3. The zero-order valence-electron chi connectivity index (χ0n) is 13.5. The van der Waals surface area contributed by atoms with Gasteiger partial charge in [0.05, 0.1) is 12.4 Å². The van der Waals surface area contributed by atoms with Gasteiger partial charge in [0, 0.05) is 18.7 Å². The summed E-state index contributed by atoms with van der Waals surface area (Å²) in [6.45, 7) is 0. The van der Waals surface area contributed by atoms with Crippen molar-refractivity contribution in [1.82, 2.24) is 19.9 Å². The maximum Gasteiger partial charge on any atom is 0.270 e. The van der Waals surface area contributed by atoms with Crippen molar-refractivity contribution in [2.24, 2.45) is 13.0 Å². The number of halogens is 2. The molecule has 1 atom stereocenters. The van der Waals surface area contributed by atoms with Crippen LogP contribution in [0.25, 0.3) is 11.2 Å². The fourth-order valence-electron chi connectivity index (χ4n) is 2.98. The van der Waals surface area contributed by atoms with Crippen LogP contribution in [-0.4, -0.2) is 20.4 Å². The van der Waals surface area contributed by atoms with E-state index in [-0.39, 0.29) is 17.5 Å². The number of nitrogens with zero attached hydrogens (tertiary/aromatic N) is 3. The van der Waals surface area contributed by atoms with Crippen molar-refractivity contribution in [3.8, 4) is 0 Å². The highest BCUT2D eigenvalue weighted by molar-refractivity contribution is 5.94. The monoisotopic (exact) mass is 342 g/mol. The summed E-state index contributed by atoms with van der Waals surface area (Å²) in [5.74, 6) is -1.51. The Bertz CT molecular complexity index is 965. The first kappa shape index (κ1) is 15.7. The number of hydrogen-bond donors (Lipinski definition) is 1. The fourth-order valence-corrected chi connectivity index (χ4v) is 2.98. The van der Waals surface area contributed by atoms with E-state index in [0.717, 1.165) is 18.9 Å². The van der Waals surface area contributed by atoms with Crippen LogP contribution < -0.4 is 5.32 Å². The van der Waals surface area contributed by atoms with Crippen LogP contribution in [0.3, 0.4) is 0 Å². The Kier molecular flexibility index (Phi) is 3.71. The van der Waals surface area contributed by atoms with Crippen molar-refractivity contribution in [2.45, 2.75) is 18.9 Å². The molecule has 0 saturated heterocycles. The number of imidazole rings is 1. The fraction of sp³-hybridized carbons (Fsp3) is 0.278. The van der Waals surface area contributed by atoms with E-state index in [1.807, 2.05) is 0 Å². The van der Waals surface area contributed by atoms with Crippen LogP contribution in [0, 0.1) is 17.6 Å². The Labute approximate surface area is 142 Å². The molecule has 2 aromatic heterocycles. The number of amides is 1. The summed E-state index contributed by atoms with van der Waals surface area (Å²) in [6.07, 6.45) is 3.42. The molecule has 1 aliphatic rings. The molecular formula is C18H16F2N4O. The molecule has 3 aromatic rings. The molecule has 1 saturated carbocycles. The minimum atomic E-state index is -0.646. The number of aryl methyl sites for hydroxylation is 1. The number of benzene rings is 1. The molecule has 1 fully saturated rings. The summed E-state index contributed by atoms with van der Waals surface area (Å²) < 4.78 is 29.0. The SMILES string of the molecule is Cn1cnc2ccc(C(=O)NC(c3ccc(F)cc3F)C3CC3)nc21. The highest BCUT2D eigenvalue weighted by Crippen LogP contribution is 2.41. The summed E-state index contributed by atoms with van der Waals surface area (Å²) >= 11 is 0. The molecule has 0 aliphatic heterocycles. The largest absolute Gasteiger partial charge is 0.344 e. The standard InChI is InChI=1S/C18H16F2N4O/c1-24-9-21-14-6-7-15(22-17(14)24)18(25)23-16(10-2-3-10)12-5-4-11(19)8-13(12)20/h4-10,16H,2-3H2,1H3,(H,23,25). The predicted molar refractivity (Wildman–Crippen MR) is 87.8 cm³/mol. The first-order valence-electron chi connectivity index (χ1n) is 8.07. The Morgan fingerprint density at radius 3 is 2.80 bits per heavy atom. The molecule has 4 rings (SSSR count). The molecule has 2 heterocycles. The number of fused-ring (bicyclic) bond motifs is 1. The summed E-state index contributed by atoms with van der Waals surface area (Å²) in [5, 5.41) is 2.85. The van der Waals surface area contributed by atoms with E-state index >= 15 is 0 Å². The second-order valence-corrected chi connectivity index (χ2v) is 6.35. The number of carbonyl (C=O) groups is 1. The van der Waals surface area contributed by atoms with Crippen molar-refractivity contribution in [1.29, 1.82) is 0 Å². The second kappa shape index (κ2) is 5.91. The minimum absolute atomic E-state index is 0.157. The van der Waals surface area contributed by atoms with Gasteiger partial charge in [0.1, 0.15) is 22.8 Å². The number of aromatic nitrogens is 3. The minimum Gasteiger partial charge on any atom is -0.344 e. The lowest BCUT2D eigenvalue weighted by molar-refractivity contribution is 0.0926. The van der Waals surface area contributed by atoms with Crippen molar-refractivity contribution in [3.05, 3.63) is 59.6 Å². The van der Waals surface area contributed by atoms with E-state index in [1.165, 1.54) is 12.1 Å². The smallest absolute Gasteiger partial charge is 0.270 e. The van der Waals surface area contributed by atoms with Crippen LogP contribution in [0.15, 0.2) is 36.7 Å². The summed E-state index contributed by atoms with van der Waals surface area (Å²) in [6, 6.07) is 6.28. The molecule has 0 spiro atoms. The lowest BCUT2D eigenvalue weighted by atomic mass is 10.0. The van der Waals surface area contributed by atoms with Crippen molar-refractivity contribution in [2.75, 3.05) is 0 Å². The van der Waals surface area contributed by atoms with E-state index in [4.69, 9.17) is 0 Å². The van der Waals surface area contributed by atoms with Crippen molar-refractivity contribution in [3.63, 3.8) is 0 Å². The number of pyridine rings is 1.